The lowest BCUT2D eigenvalue weighted by atomic mass is 9.72. The molecule has 1 aromatic heterocycles. The molecule has 1 amide bonds. The van der Waals surface area contributed by atoms with Gasteiger partial charge in [0.1, 0.15) is 10.8 Å². The number of nitrogens with zero attached hydrogens (tertiary/aromatic N) is 1. The van der Waals surface area contributed by atoms with Gasteiger partial charge in [-0.3, -0.25) is 4.79 Å². The van der Waals surface area contributed by atoms with E-state index in [0.29, 0.717) is 5.92 Å². The van der Waals surface area contributed by atoms with Crippen LogP contribution >= 0.6 is 27.3 Å². The number of benzene rings is 2. The van der Waals surface area contributed by atoms with Gasteiger partial charge in [0.05, 0.1) is 17.1 Å². The van der Waals surface area contributed by atoms with Gasteiger partial charge in [-0.2, -0.15) is 0 Å². The molecule has 0 saturated heterocycles. The van der Waals surface area contributed by atoms with Crippen LogP contribution in [0, 0.1) is 11.3 Å². The normalized spacial score (nSPS) is 16.0. The van der Waals surface area contributed by atoms with Crippen LogP contribution in [0.25, 0.3) is 0 Å². The number of hydrogen-bond donors (Lipinski definition) is 1. The van der Waals surface area contributed by atoms with Crippen LogP contribution in [0.4, 0.5) is 10.7 Å². The van der Waals surface area contributed by atoms with Crippen LogP contribution in [0.5, 0.6) is 5.75 Å². The van der Waals surface area contributed by atoms with E-state index in [-0.39, 0.29) is 11.3 Å². The maximum atomic E-state index is 13.4. The number of halogens is 1. The van der Waals surface area contributed by atoms with E-state index in [1.807, 2.05) is 54.7 Å². The molecule has 0 fully saturated rings. The summed E-state index contributed by atoms with van der Waals surface area (Å²) in [5.74, 6) is 1.29. The van der Waals surface area contributed by atoms with Crippen LogP contribution in [0.2, 0.25) is 0 Å². The van der Waals surface area contributed by atoms with Crippen molar-refractivity contribution in [2.24, 2.45) is 16.3 Å². The third-order valence-corrected chi connectivity index (χ3v) is 8.02. The Morgan fingerprint density at radius 2 is 1.97 bits per heavy atom. The number of carbonyl (C=O) groups is 1. The van der Waals surface area contributed by atoms with Crippen molar-refractivity contribution >= 4 is 50.1 Å². The monoisotopic (exact) mass is 524 g/mol. The van der Waals surface area contributed by atoms with E-state index in [1.54, 1.807) is 18.4 Å². The van der Waals surface area contributed by atoms with Gasteiger partial charge < -0.3 is 10.1 Å². The minimum atomic E-state index is -0.0871. The molecule has 4 nitrogen and oxygen atoms in total. The number of hydrogen-bond acceptors (Lipinski definition) is 4. The Balaban J connectivity index is 1.70. The highest BCUT2D eigenvalue weighted by molar-refractivity contribution is 9.10. The number of para-hydroxylation sites is 1. The van der Waals surface area contributed by atoms with Crippen molar-refractivity contribution in [3.8, 4) is 5.75 Å². The topological polar surface area (TPSA) is 50.7 Å². The number of ether oxygens (including phenoxy) is 1. The summed E-state index contributed by atoms with van der Waals surface area (Å²) in [6, 6.07) is 15.4. The van der Waals surface area contributed by atoms with Crippen molar-refractivity contribution in [2.45, 2.75) is 40.0 Å². The molecule has 172 valence electrons. The van der Waals surface area contributed by atoms with E-state index >= 15 is 0 Å². The van der Waals surface area contributed by atoms with Crippen molar-refractivity contribution in [3.05, 3.63) is 74.6 Å². The van der Waals surface area contributed by atoms with Crippen molar-refractivity contribution in [3.63, 3.8) is 0 Å². The fourth-order valence-corrected chi connectivity index (χ4v) is 6.07. The molecule has 33 heavy (non-hydrogen) atoms. The number of aliphatic imine (C=N–C) groups is 1. The van der Waals surface area contributed by atoms with Crippen LogP contribution < -0.4 is 10.1 Å². The molecule has 0 unspecified atom stereocenters. The Morgan fingerprint density at radius 3 is 2.64 bits per heavy atom. The number of fused-ring (bicyclic) bond motifs is 1. The molecule has 0 bridgehead atoms. The minimum Gasteiger partial charge on any atom is -0.496 e. The van der Waals surface area contributed by atoms with E-state index in [0.717, 1.165) is 56.9 Å². The van der Waals surface area contributed by atoms with Crippen LogP contribution in [-0.4, -0.2) is 19.2 Å². The van der Waals surface area contributed by atoms with Gasteiger partial charge in [0.15, 0.2) is 0 Å². The molecule has 1 heterocycles. The summed E-state index contributed by atoms with van der Waals surface area (Å²) in [4.78, 5) is 19.5. The first-order chi connectivity index (χ1) is 15.8. The molecular weight excluding hydrogens is 496 g/mol. The fourth-order valence-electron chi connectivity index (χ4n) is 4.25. The van der Waals surface area contributed by atoms with E-state index in [9.17, 15) is 4.79 Å². The van der Waals surface area contributed by atoms with E-state index in [4.69, 9.17) is 9.73 Å². The molecule has 3 aromatic rings. The lowest BCUT2D eigenvalue weighted by Crippen LogP contribution is -2.27. The molecular formula is C27H29BrN2O2S. The summed E-state index contributed by atoms with van der Waals surface area (Å²) in [7, 11) is 1.65. The Hall–Kier alpha value is -2.44. The number of nitrogens with one attached hydrogen (secondary N) is 1. The number of anilines is 1. The molecule has 1 aliphatic carbocycles. The summed E-state index contributed by atoms with van der Waals surface area (Å²) in [5.41, 5.74) is 3.86. The zero-order valence-electron chi connectivity index (χ0n) is 19.4. The van der Waals surface area contributed by atoms with Crippen LogP contribution in [0.15, 0.2) is 58.0 Å². The lowest BCUT2D eigenvalue weighted by molar-refractivity contribution is 0.102. The average molecular weight is 526 g/mol. The third-order valence-electron chi connectivity index (χ3n) is 6.24. The molecule has 0 spiro atoms. The Kier molecular flexibility index (Phi) is 7.05. The predicted octanol–water partition coefficient (Wildman–Crippen LogP) is 7.67. The molecule has 0 radical (unpaired) electrons. The Morgan fingerprint density at radius 1 is 1.21 bits per heavy atom. The van der Waals surface area contributed by atoms with Crippen molar-refractivity contribution in [2.75, 3.05) is 12.4 Å². The van der Waals surface area contributed by atoms with Crippen molar-refractivity contribution < 1.29 is 9.53 Å². The highest BCUT2D eigenvalue weighted by Crippen LogP contribution is 2.45. The van der Waals surface area contributed by atoms with E-state index in [1.165, 1.54) is 4.88 Å². The van der Waals surface area contributed by atoms with Gasteiger partial charge in [-0.1, -0.05) is 39.0 Å². The second-order valence-electron chi connectivity index (χ2n) is 9.46. The van der Waals surface area contributed by atoms with Gasteiger partial charge >= 0.3 is 0 Å². The number of rotatable bonds is 5. The zero-order chi connectivity index (χ0) is 23.6. The van der Waals surface area contributed by atoms with Crippen LogP contribution in [-0.2, 0) is 12.8 Å². The third kappa shape index (κ3) is 5.39. The molecule has 1 N–H and O–H groups in total. The highest BCUT2D eigenvalue weighted by Gasteiger charge is 2.33. The van der Waals surface area contributed by atoms with Crippen molar-refractivity contribution in [1.82, 2.24) is 0 Å². The fraction of sp³-hybridized carbons (Fsp3) is 0.333. The molecule has 6 heteroatoms. The van der Waals surface area contributed by atoms with Crippen LogP contribution in [0.1, 0.15) is 53.6 Å². The SMILES string of the molecule is COc1ccc(C=Nc2sc3c(c2C(=O)Nc2ccccc2)CC[C@H](C(C)(C)C)C3)cc1Br. The molecule has 1 atom stereocenters. The number of thiophene rings is 1. The van der Waals surface area contributed by atoms with Gasteiger partial charge in [-0.15, -0.1) is 11.3 Å². The van der Waals surface area contributed by atoms with Gasteiger partial charge in [-0.05, 0) is 88.0 Å². The molecule has 1 aliphatic rings. The van der Waals surface area contributed by atoms with Gasteiger partial charge in [0, 0.05) is 16.8 Å². The highest BCUT2D eigenvalue weighted by atomic mass is 79.9. The molecule has 0 aliphatic heterocycles. The lowest BCUT2D eigenvalue weighted by Gasteiger charge is -2.33. The van der Waals surface area contributed by atoms with Gasteiger partial charge in [-0.25, -0.2) is 4.99 Å². The van der Waals surface area contributed by atoms with Gasteiger partial charge in [0.2, 0.25) is 0 Å². The average Bonchev–Trinajstić information content (AvgIpc) is 3.15. The maximum absolute atomic E-state index is 13.4. The summed E-state index contributed by atoms with van der Waals surface area (Å²) in [6.07, 6.45) is 4.82. The first-order valence-corrected chi connectivity index (χ1v) is 12.8. The van der Waals surface area contributed by atoms with E-state index in [2.05, 4.69) is 42.0 Å². The second-order valence-corrected chi connectivity index (χ2v) is 11.4. The first-order valence-electron chi connectivity index (χ1n) is 11.1. The quantitative estimate of drug-likeness (QED) is 0.348. The van der Waals surface area contributed by atoms with E-state index < -0.39 is 0 Å². The van der Waals surface area contributed by atoms with Crippen molar-refractivity contribution in [1.29, 1.82) is 0 Å². The van der Waals surface area contributed by atoms with Crippen LogP contribution in [0.3, 0.4) is 0 Å². The summed E-state index contributed by atoms with van der Waals surface area (Å²) in [6.45, 7) is 6.92. The Labute approximate surface area is 208 Å². The summed E-state index contributed by atoms with van der Waals surface area (Å²) >= 11 is 5.19. The summed E-state index contributed by atoms with van der Waals surface area (Å²) in [5, 5.41) is 3.84. The number of carbonyl (C=O) groups excluding carboxylic acids is 1. The number of amides is 1. The summed E-state index contributed by atoms with van der Waals surface area (Å²) < 4.78 is 6.19. The molecule has 4 rings (SSSR count). The Bertz CT molecular complexity index is 1180. The standard InChI is InChI=1S/C27H29BrN2O2S/c1-27(2,3)18-11-12-20-23(15-18)33-26(24(20)25(31)30-19-8-6-5-7-9-19)29-16-17-10-13-22(32-4)21(28)14-17/h5-10,13-14,16,18H,11-12,15H2,1-4H3,(H,30,31)/t18-/m0/s1. The zero-order valence-corrected chi connectivity index (χ0v) is 21.8. The smallest absolute Gasteiger partial charge is 0.259 e. The second kappa shape index (κ2) is 9.82. The first kappa shape index (κ1) is 23.7. The predicted molar refractivity (Wildman–Crippen MR) is 142 cm³/mol. The van der Waals surface area contributed by atoms with Gasteiger partial charge in [0.25, 0.3) is 5.91 Å². The molecule has 0 saturated carbocycles. The molecule has 2 aromatic carbocycles. The minimum absolute atomic E-state index is 0.0871. The number of methoxy groups -OCH3 is 1. The largest absolute Gasteiger partial charge is 0.496 e. The maximum Gasteiger partial charge on any atom is 0.259 e.